The van der Waals surface area contributed by atoms with Gasteiger partial charge in [-0.2, -0.15) is 4.31 Å². The second kappa shape index (κ2) is 7.87. The molecular formula is C19H27ClN2O3S. The number of nitrogens with zero attached hydrogens (tertiary/aromatic N) is 2. The van der Waals surface area contributed by atoms with Crippen LogP contribution in [0.15, 0.2) is 23.1 Å². The lowest BCUT2D eigenvalue weighted by Gasteiger charge is -2.35. The van der Waals surface area contributed by atoms with Gasteiger partial charge in [-0.3, -0.25) is 4.79 Å². The largest absolute Gasteiger partial charge is 0.338 e. The minimum atomic E-state index is -3.58. The Morgan fingerprint density at radius 1 is 1.08 bits per heavy atom. The van der Waals surface area contributed by atoms with Gasteiger partial charge in [0.2, 0.25) is 10.0 Å². The van der Waals surface area contributed by atoms with Crippen molar-refractivity contribution in [3.8, 4) is 0 Å². The molecule has 2 aliphatic heterocycles. The van der Waals surface area contributed by atoms with Gasteiger partial charge in [-0.05, 0) is 49.3 Å². The predicted molar refractivity (Wildman–Crippen MR) is 103 cm³/mol. The number of sulfonamides is 1. The summed E-state index contributed by atoms with van der Waals surface area (Å²) in [5.41, 5.74) is 0.283. The summed E-state index contributed by atoms with van der Waals surface area (Å²) in [5.74, 6) is 0.688. The van der Waals surface area contributed by atoms with Gasteiger partial charge in [0, 0.05) is 26.2 Å². The smallest absolute Gasteiger partial charge is 0.255 e. The lowest BCUT2D eigenvalue weighted by atomic mass is 9.91. The lowest BCUT2D eigenvalue weighted by Crippen LogP contribution is -2.42. The maximum Gasteiger partial charge on any atom is 0.255 e. The molecule has 2 aliphatic rings. The van der Waals surface area contributed by atoms with Gasteiger partial charge < -0.3 is 4.90 Å². The van der Waals surface area contributed by atoms with Crippen molar-refractivity contribution in [1.29, 1.82) is 0 Å². The Kier molecular flexibility index (Phi) is 5.94. The SMILES string of the molecule is C[C@H]1C[C@H](C)CN(C(=O)c2cc(S(=O)(=O)N3CCCCC3)ccc2Cl)C1. The van der Waals surface area contributed by atoms with Gasteiger partial charge >= 0.3 is 0 Å². The van der Waals surface area contributed by atoms with Crippen LogP contribution < -0.4 is 0 Å². The van der Waals surface area contributed by atoms with Gasteiger partial charge in [0.25, 0.3) is 5.91 Å². The van der Waals surface area contributed by atoms with E-state index in [1.807, 2.05) is 0 Å². The minimum Gasteiger partial charge on any atom is -0.338 e. The van der Waals surface area contributed by atoms with Crippen molar-refractivity contribution in [3.05, 3.63) is 28.8 Å². The summed E-state index contributed by atoms with van der Waals surface area (Å²) in [6.45, 7) is 6.71. The van der Waals surface area contributed by atoms with Gasteiger partial charge in [-0.25, -0.2) is 8.42 Å². The Bertz CT molecular complexity index is 765. The number of benzene rings is 1. The number of hydrogen-bond acceptors (Lipinski definition) is 3. The van der Waals surface area contributed by atoms with Crippen LogP contribution in [-0.4, -0.2) is 49.7 Å². The maximum atomic E-state index is 13.0. The van der Waals surface area contributed by atoms with E-state index in [0.29, 0.717) is 43.0 Å². The minimum absolute atomic E-state index is 0.158. The molecule has 26 heavy (non-hydrogen) atoms. The average molecular weight is 399 g/mol. The molecule has 0 N–H and O–H groups in total. The fraction of sp³-hybridized carbons (Fsp3) is 0.632. The molecule has 2 heterocycles. The molecule has 1 aromatic rings. The van der Waals surface area contributed by atoms with E-state index in [0.717, 1.165) is 25.7 Å². The number of hydrogen-bond donors (Lipinski definition) is 0. The molecule has 0 radical (unpaired) electrons. The Balaban J connectivity index is 1.89. The molecule has 7 heteroatoms. The van der Waals surface area contributed by atoms with Crippen LogP contribution in [0.2, 0.25) is 5.02 Å². The Morgan fingerprint density at radius 3 is 2.31 bits per heavy atom. The van der Waals surface area contributed by atoms with Crippen molar-refractivity contribution >= 4 is 27.5 Å². The van der Waals surface area contributed by atoms with Crippen LogP contribution >= 0.6 is 11.6 Å². The van der Waals surface area contributed by atoms with Gasteiger partial charge in [-0.15, -0.1) is 0 Å². The first-order valence-electron chi connectivity index (χ1n) is 9.38. The van der Waals surface area contributed by atoms with E-state index in [1.165, 1.54) is 22.5 Å². The van der Waals surface area contributed by atoms with Crippen LogP contribution in [0.1, 0.15) is 49.9 Å². The quantitative estimate of drug-likeness (QED) is 0.781. The van der Waals surface area contributed by atoms with Crippen molar-refractivity contribution < 1.29 is 13.2 Å². The number of carbonyl (C=O) groups excluding carboxylic acids is 1. The molecular weight excluding hydrogens is 372 g/mol. The molecule has 0 spiro atoms. The van der Waals surface area contributed by atoms with E-state index in [2.05, 4.69) is 13.8 Å². The highest BCUT2D eigenvalue weighted by Gasteiger charge is 2.30. The van der Waals surface area contributed by atoms with Crippen LogP contribution in [0, 0.1) is 11.8 Å². The van der Waals surface area contributed by atoms with E-state index < -0.39 is 10.0 Å². The number of carbonyl (C=O) groups is 1. The van der Waals surface area contributed by atoms with Crippen molar-refractivity contribution in [1.82, 2.24) is 9.21 Å². The first-order valence-corrected chi connectivity index (χ1v) is 11.2. The van der Waals surface area contributed by atoms with Gasteiger partial charge in [0.05, 0.1) is 15.5 Å². The third kappa shape index (κ3) is 4.07. The van der Waals surface area contributed by atoms with Crippen molar-refractivity contribution in [2.24, 2.45) is 11.8 Å². The number of amides is 1. The highest BCUT2D eigenvalue weighted by molar-refractivity contribution is 7.89. The molecule has 0 unspecified atom stereocenters. The van der Waals surface area contributed by atoms with Crippen LogP contribution in [0.4, 0.5) is 0 Å². The molecule has 144 valence electrons. The molecule has 2 saturated heterocycles. The summed E-state index contributed by atoms with van der Waals surface area (Å²) in [6, 6.07) is 4.49. The highest BCUT2D eigenvalue weighted by atomic mass is 35.5. The first-order chi connectivity index (χ1) is 12.3. The molecule has 0 aromatic heterocycles. The molecule has 0 bridgehead atoms. The molecule has 1 aromatic carbocycles. The Hall–Kier alpha value is -1.11. The fourth-order valence-electron chi connectivity index (χ4n) is 4.08. The van der Waals surface area contributed by atoms with Crippen LogP contribution in [0.5, 0.6) is 0 Å². The normalized spacial score (nSPS) is 25.3. The van der Waals surface area contributed by atoms with Crippen molar-refractivity contribution in [2.75, 3.05) is 26.2 Å². The third-order valence-electron chi connectivity index (χ3n) is 5.28. The number of halogens is 1. The molecule has 5 nitrogen and oxygen atoms in total. The van der Waals surface area contributed by atoms with E-state index >= 15 is 0 Å². The van der Waals surface area contributed by atoms with Crippen LogP contribution in [-0.2, 0) is 10.0 Å². The average Bonchev–Trinajstić information content (AvgIpc) is 2.61. The summed E-state index contributed by atoms with van der Waals surface area (Å²) < 4.78 is 27.3. The van der Waals surface area contributed by atoms with Gasteiger partial charge in [0.15, 0.2) is 0 Å². The second-order valence-electron chi connectivity index (χ2n) is 7.76. The van der Waals surface area contributed by atoms with E-state index in [1.54, 1.807) is 4.90 Å². The zero-order valence-electron chi connectivity index (χ0n) is 15.4. The lowest BCUT2D eigenvalue weighted by molar-refractivity contribution is 0.0623. The highest BCUT2D eigenvalue weighted by Crippen LogP contribution is 2.28. The number of piperidine rings is 2. The molecule has 3 rings (SSSR count). The molecule has 1 amide bonds. The van der Waals surface area contributed by atoms with Crippen LogP contribution in [0.25, 0.3) is 0 Å². The first kappa shape index (κ1) is 19.6. The molecule has 0 saturated carbocycles. The standard InChI is InChI=1S/C19H27ClN2O3S/c1-14-10-15(2)13-21(12-14)19(23)17-11-16(6-7-18(17)20)26(24,25)22-8-4-3-5-9-22/h6-7,11,14-15H,3-5,8-10,12-13H2,1-2H3/t14-,15-/m0/s1. The summed E-state index contributed by atoms with van der Waals surface area (Å²) in [4.78, 5) is 15.0. The number of likely N-dealkylation sites (tertiary alicyclic amines) is 1. The summed E-state index contributed by atoms with van der Waals surface area (Å²) in [6.07, 6.45) is 3.91. The van der Waals surface area contributed by atoms with Gasteiger partial charge in [-0.1, -0.05) is 31.9 Å². The van der Waals surface area contributed by atoms with Crippen molar-refractivity contribution in [2.45, 2.75) is 44.4 Å². The van der Waals surface area contributed by atoms with E-state index in [9.17, 15) is 13.2 Å². The Morgan fingerprint density at radius 2 is 1.69 bits per heavy atom. The molecule has 2 fully saturated rings. The van der Waals surface area contributed by atoms with E-state index in [4.69, 9.17) is 11.6 Å². The maximum absolute atomic E-state index is 13.0. The third-order valence-corrected chi connectivity index (χ3v) is 7.50. The zero-order chi connectivity index (χ0) is 18.9. The summed E-state index contributed by atoms with van der Waals surface area (Å²) in [5, 5.41) is 0.304. The van der Waals surface area contributed by atoms with Crippen molar-refractivity contribution in [3.63, 3.8) is 0 Å². The molecule has 2 atom stereocenters. The fourth-order valence-corrected chi connectivity index (χ4v) is 5.82. The van der Waals surface area contributed by atoms with E-state index in [-0.39, 0.29) is 16.4 Å². The predicted octanol–water partition coefficient (Wildman–Crippen LogP) is 3.63. The monoisotopic (exact) mass is 398 g/mol. The zero-order valence-corrected chi connectivity index (χ0v) is 17.0. The number of rotatable bonds is 3. The topological polar surface area (TPSA) is 57.7 Å². The summed E-state index contributed by atoms with van der Waals surface area (Å²) in [7, 11) is -3.58. The van der Waals surface area contributed by atoms with Gasteiger partial charge in [0.1, 0.15) is 0 Å². The second-order valence-corrected chi connectivity index (χ2v) is 10.1. The summed E-state index contributed by atoms with van der Waals surface area (Å²) >= 11 is 6.26. The Labute approximate surface area is 161 Å². The molecule has 0 aliphatic carbocycles. The van der Waals surface area contributed by atoms with Crippen LogP contribution in [0.3, 0.4) is 0 Å².